The molecule has 3 nitrogen and oxygen atoms in total. The fourth-order valence-electron chi connectivity index (χ4n) is 12.4. The molecule has 8 aromatic carbocycles. The first kappa shape index (κ1) is 49.1. The maximum Gasteiger partial charge on any atom is 0.264 e. The smallest absolute Gasteiger partial charge is 0.264 e. The SMILES string of the molecule is CC(C)(C)c1ccc(N2c3ccc(C(C)(C)C)cc3B3c4sc5cc6c(cc5c4N(c4ccc(C(C)(C)C)cc4)c4cc(N(c5ccccc5)c5ccccc5-c5ccccc5)cc2c43)C(C)(C)CCC6(C)C)cc1. The lowest BCUT2D eigenvalue weighted by Crippen LogP contribution is -2.60. The molecule has 5 heteroatoms. The number of fused-ring (bicyclic) bond motifs is 7. The maximum absolute atomic E-state index is 2.68. The molecule has 1 aromatic heterocycles. The van der Waals surface area contributed by atoms with Crippen molar-refractivity contribution in [3.05, 3.63) is 204 Å². The molecular formula is C70H72BN3S. The van der Waals surface area contributed by atoms with E-state index in [1.807, 2.05) is 11.3 Å². The molecule has 376 valence electrons. The van der Waals surface area contributed by atoms with Gasteiger partial charge in [-0.25, -0.2) is 0 Å². The number of nitrogens with zero attached hydrogens (tertiary/aromatic N) is 3. The van der Waals surface area contributed by atoms with Crippen molar-refractivity contribution in [2.75, 3.05) is 14.7 Å². The van der Waals surface area contributed by atoms with Crippen molar-refractivity contribution >= 4 is 95.0 Å². The summed E-state index contributed by atoms with van der Waals surface area (Å²) in [6.07, 6.45) is 2.34. The molecule has 0 spiro atoms. The van der Waals surface area contributed by atoms with Crippen LogP contribution in [0.2, 0.25) is 0 Å². The standard InChI is InChI=1S/C70H72BN3S/c1-66(2,3)46-28-33-50(34-29-46)73-59-37-32-48(68(7,8)9)40-57(59)71-63-60(73)41-52(72(49-24-18-15-19-25-49)58-27-21-20-26-53(58)45-22-16-14-17-23-45)42-61(63)74(51-35-30-47(31-36-51)67(4,5)6)64-54-43-55-56(44-62(54)75-65(64)71)70(12,13)39-38-69(55,10)11/h14-37,40-44H,38-39H2,1-13H3. The average Bonchev–Trinajstić information content (AvgIpc) is 3.81. The first-order valence-corrected chi connectivity index (χ1v) is 28.1. The van der Waals surface area contributed by atoms with Crippen molar-refractivity contribution in [3.8, 4) is 11.1 Å². The van der Waals surface area contributed by atoms with Crippen LogP contribution >= 0.6 is 11.3 Å². The summed E-state index contributed by atoms with van der Waals surface area (Å²) in [4.78, 5) is 7.79. The van der Waals surface area contributed by atoms with Crippen molar-refractivity contribution in [3.63, 3.8) is 0 Å². The molecule has 3 aliphatic rings. The van der Waals surface area contributed by atoms with E-state index in [1.54, 1.807) is 0 Å². The molecule has 0 atom stereocenters. The van der Waals surface area contributed by atoms with E-state index in [2.05, 4.69) is 281 Å². The van der Waals surface area contributed by atoms with Crippen molar-refractivity contribution < 1.29 is 0 Å². The Morgan fingerprint density at radius 2 is 0.987 bits per heavy atom. The van der Waals surface area contributed by atoms with Gasteiger partial charge < -0.3 is 14.7 Å². The highest BCUT2D eigenvalue weighted by atomic mass is 32.1. The van der Waals surface area contributed by atoms with Crippen LogP contribution in [0.1, 0.15) is 131 Å². The Hall–Kier alpha value is -6.82. The Morgan fingerprint density at radius 1 is 0.480 bits per heavy atom. The summed E-state index contributed by atoms with van der Waals surface area (Å²) in [6.45, 7) is 30.8. The summed E-state index contributed by atoms with van der Waals surface area (Å²) in [5.41, 5.74) is 22.7. The Balaban J connectivity index is 1.24. The molecule has 12 rings (SSSR count). The number of benzene rings is 8. The third-order valence-corrected chi connectivity index (χ3v) is 18.2. The van der Waals surface area contributed by atoms with E-state index in [0.717, 1.165) is 29.2 Å². The molecule has 0 N–H and O–H groups in total. The van der Waals surface area contributed by atoms with E-state index in [4.69, 9.17) is 0 Å². The van der Waals surface area contributed by atoms with Gasteiger partial charge in [-0.15, -0.1) is 11.3 Å². The summed E-state index contributed by atoms with van der Waals surface area (Å²) >= 11 is 2.03. The quantitative estimate of drug-likeness (QED) is 0.154. The summed E-state index contributed by atoms with van der Waals surface area (Å²) in [5.74, 6) is 0. The largest absolute Gasteiger partial charge is 0.311 e. The highest BCUT2D eigenvalue weighted by Gasteiger charge is 2.47. The predicted octanol–water partition coefficient (Wildman–Crippen LogP) is 18.4. The predicted molar refractivity (Wildman–Crippen MR) is 327 cm³/mol. The van der Waals surface area contributed by atoms with Crippen molar-refractivity contribution in [2.24, 2.45) is 0 Å². The zero-order valence-electron chi connectivity index (χ0n) is 46.5. The second kappa shape index (κ2) is 17.4. The van der Waals surface area contributed by atoms with Crippen LogP contribution in [0.3, 0.4) is 0 Å². The molecule has 0 amide bonds. The van der Waals surface area contributed by atoms with Crippen LogP contribution in [0.5, 0.6) is 0 Å². The maximum atomic E-state index is 2.68. The van der Waals surface area contributed by atoms with Crippen LogP contribution < -0.4 is 30.4 Å². The second-order valence-electron chi connectivity index (χ2n) is 26.1. The normalized spacial score (nSPS) is 15.6. The first-order valence-electron chi connectivity index (χ1n) is 27.3. The zero-order chi connectivity index (χ0) is 52.6. The van der Waals surface area contributed by atoms with Crippen LogP contribution in [-0.2, 0) is 27.1 Å². The molecule has 0 fully saturated rings. The molecule has 9 aromatic rings. The topological polar surface area (TPSA) is 9.72 Å². The lowest BCUT2D eigenvalue weighted by Gasteiger charge is -2.45. The van der Waals surface area contributed by atoms with E-state index in [-0.39, 0.29) is 33.8 Å². The molecule has 0 bridgehead atoms. The van der Waals surface area contributed by atoms with Crippen LogP contribution in [0.25, 0.3) is 21.2 Å². The van der Waals surface area contributed by atoms with Gasteiger partial charge in [-0.05, 0) is 157 Å². The summed E-state index contributed by atoms with van der Waals surface area (Å²) in [7, 11) is 0. The van der Waals surface area contributed by atoms with E-state index in [9.17, 15) is 0 Å². The third-order valence-electron chi connectivity index (χ3n) is 17.0. The van der Waals surface area contributed by atoms with E-state index in [0.29, 0.717) is 0 Å². The third kappa shape index (κ3) is 8.24. The van der Waals surface area contributed by atoms with Gasteiger partial charge in [0.2, 0.25) is 0 Å². The van der Waals surface area contributed by atoms with Gasteiger partial charge in [-0.2, -0.15) is 0 Å². The number of anilines is 9. The van der Waals surface area contributed by atoms with E-state index in [1.165, 1.54) is 99.6 Å². The zero-order valence-corrected chi connectivity index (χ0v) is 47.3. The summed E-state index contributed by atoms with van der Waals surface area (Å²) in [5, 5.41) is 1.35. The Labute approximate surface area is 452 Å². The molecule has 2 aliphatic heterocycles. The van der Waals surface area contributed by atoms with Crippen LogP contribution in [-0.4, -0.2) is 6.71 Å². The lowest BCUT2D eigenvalue weighted by molar-refractivity contribution is 0.332. The molecule has 3 heterocycles. The Bertz CT molecular complexity index is 3660. The van der Waals surface area contributed by atoms with Crippen LogP contribution in [0, 0.1) is 0 Å². The molecule has 0 unspecified atom stereocenters. The summed E-state index contributed by atoms with van der Waals surface area (Å²) in [6, 6.07) is 67.5. The minimum atomic E-state index is -0.0573. The van der Waals surface area contributed by atoms with Gasteiger partial charge >= 0.3 is 0 Å². The number of hydrogen-bond acceptors (Lipinski definition) is 4. The van der Waals surface area contributed by atoms with Gasteiger partial charge in [0.15, 0.2) is 0 Å². The molecule has 75 heavy (non-hydrogen) atoms. The second-order valence-corrected chi connectivity index (χ2v) is 27.2. The van der Waals surface area contributed by atoms with Crippen molar-refractivity contribution in [2.45, 2.75) is 130 Å². The minimum Gasteiger partial charge on any atom is -0.311 e. The van der Waals surface area contributed by atoms with Crippen LogP contribution in [0.4, 0.5) is 51.2 Å². The van der Waals surface area contributed by atoms with Crippen molar-refractivity contribution in [1.29, 1.82) is 0 Å². The Kier molecular flexibility index (Phi) is 11.4. The van der Waals surface area contributed by atoms with Gasteiger partial charge in [0, 0.05) is 54.6 Å². The number of thiophene rings is 1. The highest BCUT2D eigenvalue weighted by Crippen LogP contribution is 2.54. The van der Waals surface area contributed by atoms with Crippen molar-refractivity contribution in [1.82, 2.24) is 0 Å². The average molecular weight is 998 g/mol. The lowest BCUT2D eigenvalue weighted by atomic mass is 9.36. The number of rotatable bonds is 6. The van der Waals surface area contributed by atoms with Gasteiger partial charge in [0.05, 0.1) is 17.1 Å². The number of hydrogen-bond donors (Lipinski definition) is 0. The Morgan fingerprint density at radius 3 is 1.57 bits per heavy atom. The molecule has 1 aliphatic carbocycles. The van der Waals surface area contributed by atoms with E-state index < -0.39 is 0 Å². The number of para-hydroxylation sites is 2. The fraction of sp³-hybridized carbons (Fsp3) is 0.286. The van der Waals surface area contributed by atoms with E-state index >= 15 is 0 Å². The monoisotopic (exact) mass is 998 g/mol. The first-order chi connectivity index (χ1) is 35.6. The molecule has 0 saturated heterocycles. The molecule has 0 saturated carbocycles. The van der Waals surface area contributed by atoms with Gasteiger partial charge in [-0.1, -0.05) is 193 Å². The van der Waals surface area contributed by atoms with Gasteiger partial charge in [0.1, 0.15) is 0 Å². The molecule has 0 radical (unpaired) electrons. The highest BCUT2D eigenvalue weighted by molar-refractivity contribution is 7.33. The van der Waals surface area contributed by atoms with Gasteiger partial charge in [0.25, 0.3) is 6.71 Å². The minimum absolute atomic E-state index is 0.00212. The summed E-state index contributed by atoms with van der Waals surface area (Å²) < 4.78 is 2.78. The fourth-order valence-corrected chi connectivity index (χ4v) is 13.8. The van der Waals surface area contributed by atoms with Gasteiger partial charge in [-0.3, -0.25) is 0 Å². The molecular weight excluding hydrogens is 926 g/mol. The van der Waals surface area contributed by atoms with Crippen LogP contribution in [0.15, 0.2) is 176 Å².